The number of benzene rings is 12. The zero-order valence-electron chi connectivity index (χ0n) is 44.7. The van der Waals surface area contributed by atoms with E-state index in [0.29, 0.717) is 0 Å². The fraction of sp³-hybridized carbons (Fsp3) is 0.0400. The molecule has 0 saturated heterocycles. The van der Waals surface area contributed by atoms with Crippen molar-refractivity contribution in [3.8, 4) is 33.4 Å². The fourth-order valence-electron chi connectivity index (χ4n) is 10.7. The average molecular weight is 1020 g/mol. The molecule has 0 N–H and O–H groups in total. The normalized spacial score (nSPS) is 11.0. The molecule has 0 spiro atoms. The molecule has 0 aliphatic heterocycles. The highest BCUT2D eigenvalue weighted by Gasteiger charge is 2.22. The summed E-state index contributed by atoms with van der Waals surface area (Å²) in [4.78, 5) is 9.51. The van der Waals surface area contributed by atoms with Crippen LogP contribution in [0.3, 0.4) is 0 Å². The van der Waals surface area contributed by atoms with Gasteiger partial charge in [0, 0.05) is 68.2 Å². The van der Waals surface area contributed by atoms with Gasteiger partial charge in [-0.2, -0.15) is 0 Å². The second kappa shape index (κ2) is 22.6. The molecule has 0 radical (unpaired) electrons. The van der Waals surface area contributed by atoms with Gasteiger partial charge < -0.3 is 19.6 Å². The van der Waals surface area contributed by atoms with E-state index in [0.717, 1.165) is 68.2 Å². The predicted octanol–water partition coefficient (Wildman–Crippen LogP) is 21.5. The van der Waals surface area contributed by atoms with Crippen LogP contribution in [0.1, 0.15) is 16.7 Å². The van der Waals surface area contributed by atoms with Crippen molar-refractivity contribution in [2.24, 2.45) is 0 Å². The molecule has 12 rings (SSSR count). The van der Waals surface area contributed by atoms with Crippen molar-refractivity contribution >= 4 is 68.2 Å². The molecule has 0 saturated carbocycles. The zero-order valence-corrected chi connectivity index (χ0v) is 44.7. The van der Waals surface area contributed by atoms with Crippen LogP contribution in [-0.2, 0) is 0 Å². The number of anilines is 12. The molecular formula is C75H60N4. The van der Waals surface area contributed by atoms with Crippen molar-refractivity contribution in [2.75, 3.05) is 19.6 Å². The molecule has 0 bridgehead atoms. The molecule has 12 aromatic carbocycles. The Morgan fingerprint density at radius 3 is 0.570 bits per heavy atom. The highest BCUT2D eigenvalue weighted by Crippen LogP contribution is 2.46. The third-order valence-electron chi connectivity index (χ3n) is 14.5. The Morgan fingerprint density at radius 1 is 0.152 bits per heavy atom. The lowest BCUT2D eigenvalue weighted by Crippen LogP contribution is -2.15. The molecule has 0 aliphatic carbocycles. The summed E-state index contributed by atoms with van der Waals surface area (Å²) in [6.45, 7) is 6.48. The van der Waals surface area contributed by atoms with Gasteiger partial charge in [0.05, 0.1) is 0 Å². The molecule has 4 heteroatoms. The van der Waals surface area contributed by atoms with Crippen molar-refractivity contribution in [3.05, 3.63) is 326 Å². The van der Waals surface area contributed by atoms with Crippen LogP contribution in [0.4, 0.5) is 68.2 Å². The SMILES string of the molecule is Cc1cccc(N(c2ccc(-c3ccccc3)cc2)c2cccc(N(c3cccc(N(c4ccc(-c5ccccc5)cc4)c4cccc(C)c4)c3)c3cccc(N(c4ccc(-c5ccccc5)cc4)c4cccc(C)c4)c3)c2)c1. The van der Waals surface area contributed by atoms with Crippen LogP contribution in [0.15, 0.2) is 309 Å². The lowest BCUT2D eigenvalue weighted by Gasteiger charge is -2.32. The third-order valence-corrected chi connectivity index (χ3v) is 14.5. The summed E-state index contributed by atoms with van der Waals surface area (Å²) in [5.74, 6) is 0. The minimum Gasteiger partial charge on any atom is -0.310 e. The fourth-order valence-corrected chi connectivity index (χ4v) is 10.7. The van der Waals surface area contributed by atoms with E-state index < -0.39 is 0 Å². The summed E-state index contributed by atoms with van der Waals surface area (Å²) in [5.41, 5.74) is 23.2. The van der Waals surface area contributed by atoms with Crippen molar-refractivity contribution < 1.29 is 0 Å². The zero-order chi connectivity index (χ0) is 53.5. The molecule has 380 valence electrons. The highest BCUT2D eigenvalue weighted by molar-refractivity contribution is 5.89. The maximum Gasteiger partial charge on any atom is 0.0482 e. The molecule has 0 heterocycles. The summed E-state index contributed by atoms with van der Waals surface area (Å²) >= 11 is 0. The van der Waals surface area contributed by atoms with Gasteiger partial charge in [-0.1, -0.05) is 182 Å². The Morgan fingerprint density at radius 2 is 0.342 bits per heavy atom. The van der Waals surface area contributed by atoms with Crippen molar-refractivity contribution in [1.29, 1.82) is 0 Å². The average Bonchev–Trinajstić information content (AvgIpc) is 3.56. The first-order valence-electron chi connectivity index (χ1n) is 27.1. The van der Waals surface area contributed by atoms with Gasteiger partial charge in [0.2, 0.25) is 0 Å². The Labute approximate surface area is 465 Å². The van der Waals surface area contributed by atoms with Gasteiger partial charge in [-0.05, 0) is 198 Å². The first kappa shape index (κ1) is 49.7. The molecule has 0 amide bonds. The topological polar surface area (TPSA) is 13.0 Å². The largest absolute Gasteiger partial charge is 0.310 e. The van der Waals surface area contributed by atoms with E-state index >= 15 is 0 Å². The highest BCUT2D eigenvalue weighted by atomic mass is 15.2. The summed E-state index contributed by atoms with van der Waals surface area (Å²) in [6.07, 6.45) is 0. The number of hydrogen-bond acceptors (Lipinski definition) is 4. The summed E-state index contributed by atoms with van der Waals surface area (Å²) in [6, 6.07) is 112. The van der Waals surface area contributed by atoms with Crippen LogP contribution >= 0.6 is 0 Å². The molecule has 0 unspecified atom stereocenters. The Bertz CT molecular complexity index is 3570. The standard InChI is InChI=1S/C75H60N4/c1-55-19-13-28-67(49-55)76(64-43-37-61(38-44-64)58-22-7-4-8-23-58)70-31-16-34-73(52-70)79(74-35-17-32-71(53-74)77(68-29-14-20-56(2)50-68)65-45-39-62(40-46-65)59-24-9-5-10-25-59)75-36-18-33-72(54-75)78(69-30-15-21-57(3)51-69)66-47-41-63(42-48-66)60-26-11-6-12-27-60/h4-54H,1-3H3. The second-order valence-corrected chi connectivity index (χ2v) is 20.2. The number of nitrogens with zero attached hydrogens (tertiary/aromatic N) is 4. The van der Waals surface area contributed by atoms with Crippen molar-refractivity contribution in [2.45, 2.75) is 20.8 Å². The van der Waals surface area contributed by atoms with Crippen molar-refractivity contribution in [1.82, 2.24) is 0 Å². The van der Waals surface area contributed by atoms with Crippen LogP contribution in [-0.4, -0.2) is 0 Å². The van der Waals surface area contributed by atoms with Gasteiger partial charge in [0.25, 0.3) is 0 Å². The predicted molar refractivity (Wildman–Crippen MR) is 336 cm³/mol. The van der Waals surface area contributed by atoms with Crippen LogP contribution < -0.4 is 19.6 Å². The van der Waals surface area contributed by atoms with Gasteiger partial charge in [-0.15, -0.1) is 0 Å². The molecule has 0 atom stereocenters. The van der Waals surface area contributed by atoms with Crippen molar-refractivity contribution in [3.63, 3.8) is 0 Å². The van der Waals surface area contributed by atoms with E-state index in [-0.39, 0.29) is 0 Å². The quantitative estimate of drug-likeness (QED) is 0.101. The van der Waals surface area contributed by atoms with E-state index in [1.165, 1.54) is 50.1 Å². The summed E-state index contributed by atoms with van der Waals surface area (Å²) < 4.78 is 0. The Hall–Kier alpha value is -10.2. The number of aryl methyl sites for hydroxylation is 3. The van der Waals surface area contributed by atoms with E-state index in [4.69, 9.17) is 0 Å². The van der Waals surface area contributed by atoms with E-state index in [9.17, 15) is 0 Å². The smallest absolute Gasteiger partial charge is 0.0482 e. The molecule has 79 heavy (non-hydrogen) atoms. The first-order valence-corrected chi connectivity index (χ1v) is 27.1. The molecule has 0 aliphatic rings. The van der Waals surface area contributed by atoms with Gasteiger partial charge in [0.15, 0.2) is 0 Å². The molecular weight excluding hydrogens is 957 g/mol. The summed E-state index contributed by atoms with van der Waals surface area (Å²) in [5, 5.41) is 0. The van der Waals surface area contributed by atoms with Gasteiger partial charge in [-0.25, -0.2) is 0 Å². The molecule has 12 aromatic rings. The lowest BCUT2D eigenvalue weighted by molar-refractivity contribution is 1.22. The minimum atomic E-state index is 1.01. The molecule has 0 aromatic heterocycles. The maximum atomic E-state index is 2.41. The van der Waals surface area contributed by atoms with Crippen LogP contribution in [0.2, 0.25) is 0 Å². The number of hydrogen-bond donors (Lipinski definition) is 0. The Kier molecular flexibility index (Phi) is 14.2. The van der Waals surface area contributed by atoms with Crippen LogP contribution in [0, 0.1) is 20.8 Å². The lowest BCUT2D eigenvalue weighted by atomic mass is 10.0. The van der Waals surface area contributed by atoms with Crippen LogP contribution in [0.25, 0.3) is 33.4 Å². The van der Waals surface area contributed by atoms with E-state index in [1.807, 2.05) is 0 Å². The Balaban J connectivity index is 1.02. The van der Waals surface area contributed by atoms with E-state index in [1.54, 1.807) is 0 Å². The second-order valence-electron chi connectivity index (χ2n) is 20.2. The minimum absolute atomic E-state index is 1.01. The molecule has 0 fully saturated rings. The van der Waals surface area contributed by atoms with Gasteiger partial charge in [-0.3, -0.25) is 0 Å². The molecule has 4 nitrogen and oxygen atoms in total. The third kappa shape index (κ3) is 11.0. The van der Waals surface area contributed by atoms with Gasteiger partial charge >= 0.3 is 0 Å². The number of rotatable bonds is 15. The monoisotopic (exact) mass is 1020 g/mol. The van der Waals surface area contributed by atoms with Gasteiger partial charge in [0.1, 0.15) is 0 Å². The first-order chi connectivity index (χ1) is 38.9. The summed E-state index contributed by atoms with van der Waals surface area (Å²) in [7, 11) is 0. The maximum absolute atomic E-state index is 2.41. The van der Waals surface area contributed by atoms with Crippen LogP contribution in [0.5, 0.6) is 0 Å². The van der Waals surface area contributed by atoms with E-state index in [2.05, 4.69) is 350 Å².